The Labute approximate surface area is 224 Å². The minimum atomic E-state index is -0.623. The van der Waals surface area contributed by atoms with E-state index >= 15 is 0 Å². The number of nitrogens with one attached hydrogen (secondary N) is 1. The van der Waals surface area contributed by atoms with Crippen molar-refractivity contribution in [3.63, 3.8) is 0 Å². The van der Waals surface area contributed by atoms with Crippen LogP contribution in [-0.2, 0) is 11.3 Å². The van der Waals surface area contributed by atoms with Crippen molar-refractivity contribution >= 4 is 23.3 Å². The third-order valence-corrected chi connectivity index (χ3v) is 7.47. The van der Waals surface area contributed by atoms with E-state index in [1.807, 2.05) is 37.3 Å². The number of fused-ring (bicyclic) bond motifs is 2. The number of benzene rings is 3. The molecule has 5 nitrogen and oxygen atoms in total. The lowest BCUT2D eigenvalue weighted by molar-refractivity contribution is 0.0950. The van der Waals surface area contributed by atoms with Gasteiger partial charge in [-0.2, -0.15) is 0 Å². The number of aryl methyl sites for hydroxylation is 1. The van der Waals surface area contributed by atoms with Crippen LogP contribution in [0.3, 0.4) is 0 Å². The Bertz CT molecular complexity index is 1550. The van der Waals surface area contributed by atoms with Gasteiger partial charge in [-0.05, 0) is 65.1 Å². The summed E-state index contributed by atoms with van der Waals surface area (Å²) in [6.45, 7) is 4.04. The fourth-order valence-electron chi connectivity index (χ4n) is 5.16. The van der Waals surface area contributed by atoms with Crippen LogP contribution in [0, 0.1) is 18.6 Å². The minimum absolute atomic E-state index is 0.0967. The molecule has 3 aromatic carbocycles. The average Bonchev–Trinajstić information content (AvgIpc) is 2.88. The first-order chi connectivity index (χ1) is 18.2. The quantitative estimate of drug-likeness (QED) is 0.299. The van der Waals surface area contributed by atoms with E-state index in [0.29, 0.717) is 38.8 Å². The summed E-state index contributed by atoms with van der Waals surface area (Å²) in [6, 6.07) is 16.3. The number of pyridine rings is 1. The van der Waals surface area contributed by atoms with Crippen molar-refractivity contribution in [2.75, 3.05) is 12.8 Å². The van der Waals surface area contributed by atoms with E-state index in [1.165, 1.54) is 12.1 Å². The molecule has 0 saturated heterocycles. The summed E-state index contributed by atoms with van der Waals surface area (Å²) in [5.74, 6) is -1.27. The lowest BCUT2D eigenvalue weighted by Crippen LogP contribution is -2.25. The number of carbonyl (C=O) groups excluding carboxylic acids is 1. The first kappa shape index (κ1) is 25.8. The van der Waals surface area contributed by atoms with Gasteiger partial charge in [-0.1, -0.05) is 42.8 Å². The van der Waals surface area contributed by atoms with Gasteiger partial charge in [-0.15, -0.1) is 0 Å². The molecule has 38 heavy (non-hydrogen) atoms. The molecule has 1 heterocycles. The number of nitrogens with two attached hydrogens (primary N) is 1. The van der Waals surface area contributed by atoms with Crippen LogP contribution >= 0.6 is 11.6 Å². The average molecular weight is 534 g/mol. The number of nitrogens with zero attached hydrogens (tertiary/aromatic N) is 1. The van der Waals surface area contributed by atoms with Crippen LogP contribution in [0.15, 0.2) is 60.7 Å². The molecule has 1 aliphatic carbocycles. The van der Waals surface area contributed by atoms with E-state index in [1.54, 1.807) is 26.2 Å². The zero-order valence-electron chi connectivity index (χ0n) is 21.1. The number of halogens is 3. The van der Waals surface area contributed by atoms with Crippen molar-refractivity contribution in [1.82, 2.24) is 10.3 Å². The van der Waals surface area contributed by atoms with Gasteiger partial charge >= 0.3 is 0 Å². The van der Waals surface area contributed by atoms with E-state index in [4.69, 9.17) is 22.1 Å². The van der Waals surface area contributed by atoms with Crippen molar-refractivity contribution < 1.29 is 18.3 Å². The topological polar surface area (TPSA) is 77.2 Å². The number of carbonyl (C=O) groups is 1. The summed E-state index contributed by atoms with van der Waals surface area (Å²) in [5, 5.41) is 3.36. The van der Waals surface area contributed by atoms with Gasteiger partial charge in [-0.25, -0.2) is 13.8 Å². The predicted molar refractivity (Wildman–Crippen MR) is 144 cm³/mol. The molecule has 0 saturated carbocycles. The first-order valence-electron chi connectivity index (χ1n) is 12.1. The molecule has 0 unspecified atom stereocenters. The highest BCUT2D eigenvalue weighted by Gasteiger charge is 2.31. The molecule has 4 aromatic rings. The molecule has 3 N–H and O–H groups in total. The van der Waals surface area contributed by atoms with E-state index in [0.717, 1.165) is 28.3 Å². The highest BCUT2D eigenvalue weighted by atomic mass is 35.5. The van der Waals surface area contributed by atoms with Crippen LogP contribution in [0.25, 0.3) is 11.1 Å². The van der Waals surface area contributed by atoms with Crippen LogP contribution in [-0.4, -0.2) is 18.0 Å². The van der Waals surface area contributed by atoms with Crippen LogP contribution < -0.4 is 11.1 Å². The molecule has 5 rings (SSSR count). The van der Waals surface area contributed by atoms with Crippen molar-refractivity contribution in [1.29, 1.82) is 0 Å². The highest BCUT2D eigenvalue weighted by molar-refractivity contribution is 6.31. The van der Waals surface area contributed by atoms with Crippen LogP contribution in [0.1, 0.15) is 62.8 Å². The Morgan fingerprint density at radius 2 is 1.74 bits per heavy atom. The minimum Gasteiger partial charge on any atom is -0.384 e. The summed E-state index contributed by atoms with van der Waals surface area (Å²) in [5.41, 5.74) is 12.4. The molecule has 1 aromatic heterocycles. The number of aromatic nitrogens is 1. The lowest BCUT2D eigenvalue weighted by atomic mass is 9.76. The first-order valence-corrected chi connectivity index (χ1v) is 12.5. The van der Waals surface area contributed by atoms with Gasteiger partial charge in [-0.3, -0.25) is 4.79 Å². The van der Waals surface area contributed by atoms with Gasteiger partial charge in [0, 0.05) is 48.0 Å². The Morgan fingerprint density at radius 1 is 1.03 bits per heavy atom. The number of ether oxygens (including phenoxy) is 1. The van der Waals surface area contributed by atoms with E-state index < -0.39 is 11.6 Å². The largest absolute Gasteiger partial charge is 0.384 e. The SMILES string of the molecule is CO[C@@H]1c2ccc(C(=O)NCc3c(Cl)cc(N)nc3C)cc2[C@H](C)c2cc(-c3ccc(F)cc3F)ccc21. The molecule has 194 valence electrons. The Kier molecular flexibility index (Phi) is 6.90. The molecule has 2 atom stereocenters. The van der Waals surface area contributed by atoms with E-state index in [2.05, 4.69) is 10.3 Å². The number of anilines is 1. The summed E-state index contributed by atoms with van der Waals surface area (Å²) < 4.78 is 33.9. The predicted octanol–water partition coefficient (Wildman–Crippen LogP) is 6.70. The molecule has 1 amide bonds. The summed E-state index contributed by atoms with van der Waals surface area (Å²) in [6.07, 6.45) is -0.345. The molecule has 0 aliphatic heterocycles. The standard InChI is InChI=1S/C30H26ClF2N3O2/c1-15-23-10-17(20-9-6-19(32)12-27(20)33)4-7-21(23)29(38-3)22-8-5-18(11-24(15)22)30(37)35-14-25-16(2)36-28(34)13-26(25)31/h4-13,15,29H,14H2,1-3H3,(H2,34,36)(H,35,37)/t15-,29+/m1/s1. The van der Waals surface area contributed by atoms with Crippen molar-refractivity contribution in [2.45, 2.75) is 32.4 Å². The van der Waals surface area contributed by atoms with Crippen molar-refractivity contribution in [2.24, 2.45) is 0 Å². The monoisotopic (exact) mass is 533 g/mol. The van der Waals surface area contributed by atoms with Crippen molar-refractivity contribution in [3.8, 4) is 11.1 Å². The van der Waals surface area contributed by atoms with Gasteiger partial charge < -0.3 is 15.8 Å². The fourth-order valence-corrected chi connectivity index (χ4v) is 5.48. The molecule has 1 aliphatic rings. The molecule has 8 heteroatoms. The Hall–Kier alpha value is -3.81. The number of amides is 1. The molecule has 0 bridgehead atoms. The number of rotatable bonds is 5. The second-order valence-electron chi connectivity index (χ2n) is 9.42. The van der Waals surface area contributed by atoms with Crippen molar-refractivity contribution in [3.05, 3.63) is 116 Å². The summed E-state index contributed by atoms with van der Waals surface area (Å²) in [4.78, 5) is 17.3. The van der Waals surface area contributed by atoms with Crippen LogP contribution in [0.4, 0.5) is 14.6 Å². The fraction of sp³-hybridized carbons (Fsp3) is 0.200. The number of nitrogen functional groups attached to an aromatic ring is 1. The second-order valence-corrected chi connectivity index (χ2v) is 9.83. The van der Waals surface area contributed by atoms with Gasteiger partial charge in [0.1, 0.15) is 23.6 Å². The second kappa shape index (κ2) is 10.2. The maximum atomic E-state index is 14.5. The number of hydrogen-bond donors (Lipinski definition) is 2. The third kappa shape index (κ3) is 4.64. The zero-order valence-corrected chi connectivity index (χ0v) is 21.9. The normalized spacial score (nSPS) is 16.1. The van der Waals surface area contributed by atoms with Gasteiger partial charge in [0.25, 0.3) is 5.91 Å². The molecule has 0 radical (unpaired) electrons. The number of hydrogen-bond acceptors (Lipinski definition) is 4. The van der Waals surface area contributed by atoms with Crippen LogP contribution in [0.5, 0.6) is 0 Å². The summed E-state index contributed by atoms with van der Waals surface area (Å²) in [7, 11) is 1.63. The van der Waals surface area contributed by atoms with E-state index in [9.17, 15) is 13.6 Å². The third-order valence-electron chi connectivity index (χ3n) is 7.13. The van der Waals surface area contributed by atoms with E-state index in [-0.39, 0.29) is 24.5 Å². The smallest absolute Gasteiger partial charge is 0.251 e. The maximum Gasteiger partial charge on any atom is 0.251 e. The van der Waals surface area contributed by atoms with Gasteiger partial charge in [0.05, 0.1) is 5.02 Å². The zero-order chi connectivity index (χ0) is 27.1. The Balaban J connectivity index is 1.46. The molecule has 0 spiro atoms. The lowest BCUT2D eigenvalue weighted by Gasteiger charge is -2.32. The number of methoxy groups -OCH3 is 1. The Morgan fingerprint density at radius 3 is 2.42 bits per heavy atom. The highest BCUT2D eigenvalue weighted by Crippen LogP contribution is 2.45. The van der Waals surface area contributed by atoms with Crippen LogP contribution in [0.2, 0.25) is 5.02 Å². The molecule has 0 fully saturated rings. The van der Waals surface area contributed by atoms with Gasteiger partial charge in [0.15, 0.2) is 0 Å². The molecular weight excluding hydrogens is 508 g/mol. The molecular formula is C30H26ClF2N3O2. The summed E-state index contributed by atoms with van der Waals surface area (Å²) >= 11 is 6.31. The maximum absolute atomic E-state index is 14.5. The van der Waals surface area contributed by atoms with Gasteiger partial charge in [0.2, 0.25) is 0 Å².